The third-order valence-electron chi connectivity index (χ3n) is 5.91. The van der Waals surface area contributed by atoms with Crippen LogP contribution in [-0.2, 0) is 30.8 Å². The summed E-state index contributed by atoms with van der Waals surface area (Å²) in [6.45, 7) is 6.34. The second-order valence-electron chi connectivity index (χ2n) is 8.29. The maximum absolute atomic E-state index is 13.3. The van der Waals surface area contributed by atoms with E-state index in [1.807, 2.05) is 75.4 Å². The molecule has 1 amide bonds. The third-order valence-corrected chi connectivity index (χ3v) is 7.14. The summed E-state index contributed by atoms with van der Waals surface area (Å²) in [6.07, 6.45) is 0.559. The smallest absolute Gasteiger partial charge is 0.332 e. The Bertz CT molecular complexity index is 1410. The highest BCUT2D eigenvalue weighted by atomic mass is 32.1. The Morgan fingerprint density at radius 2 is 1.61 bits per heavy atom. The first-order valence-electron chi connectivity index (χ1n) is 10.9. The van der Waals surface area contributed by atoms with Crippen LogP contribution >= 0.6 is 11.3 Å². The number of thiophene rings is 1. The number of carbonyl (C=O) groups is 1. The van der Waals surface area contributed by atoms with E-state index in [-0.39, 0.29) is 24.6 Å². The Morgan fingerprint density at radius 1 is 0.909 bits per heavy atom. The predicted octanol–water partition coefficient (Wildman–Crippen LogP) is 3.71. The van der Waals surface area contributed by atoms with Crippen LogP contribution in [0, 0.1) is 20.8 Å². The monoisotopic (exact) mass is 461 g/mol. The largest absolute Gasteiger partial charge is 0.350 e. The molecule has 0 radical (unpaired) electrons. The van der Waals surface area contributed by atoms with Gasteiger partial charge >= 0.3 is 5.69 Å². The lowest BCUT2D eigenvalue weighted by atomic mass is 10.1. The van der Waals surface area contributed by atoms with Crippen LogP contribution in [0.2, 0.25) is 0 Å². The highest BCUT2D eigenvalue weighted by Gasteiger charge is 2.20. The number of rotatable bonds is 7. The maximum Gasteiger partial charge on any atom is 0.332 e. The summed E-state index contributed by atoms with van der Waals surface area (Å²) >= 11 is 1.38. The average Bonchev–Trinajstić information content (AvgIpc) is 3.11. The van der Waals surface area contributed by atoms with Crippen LogP contribution in [0.3, 0.4) is 0 Å². The van der Waals surface area contributed by atoms with Gasteiger partial charge < -0.3 is 5.32 Å². The average molecular weight is 462 g/mol. The molecule has 0 spiro atoms. The van der Waals surface area contributed by atoms with Crippen LogP contribution in [0.15, 0.2) is 64.2 Å². The van der Waals surface area contributed by atoms with E-state index in [0.29, 0.717) is 23.2 Å². The number of nitrogens with one attached hydrogen (secondary N) is 1. The standard InChI is InChI=1S/C26H27N3O3S/c1-17-9-11-21(12-10-17)15-27-22(30)16-29-25-23(18(2)19(3)33-25)24(31)28(26(29)32)14-13-20-7-5-4-6-8-20/h4-12H,13-16H2,1-3H3,(H,27,30). The minimum Gasteiger partial charge on any atom is -0.350 e. The normalized spacial score (nSPS) is 11.1. The molecule has 0 fully saturated rings. The number of hydrogen-bond acceptors (Lipinski definition) is 4. The van der Waals surface area contributed by atoms with Crippen molar-refractivity contribution >= 4 is 27.5 Å². The van der Waals surface area contributed by atoms with Crippen molar-refractivity contribution in [2.24, 2.45) is 0 Å². The molecule has 0 bridgehead atoms. The number of amides is 1. The molecule has 1 N–H and O–H groups in total. The minimum absolute atomic E-state index is 0.133. The van der Waals surface area contributed by atoms with E-state index < -0.39 is 5.69 Å². The van der Waals surface area contributed by atoms with Gasteiger partial charge in [-0.25, -0.2) is 4.79 Å². The van der Waals surface area contributed by atoms with Crippen molar-refractivity contribution in [3.63, 3.8) is 0 Å². The van der Waals surface area contributed by atoms with E-state index in [9.17, 15) is 14.4 Å². The zero-order valence-electron chi connectivity index (χ0n) is 19.1. The fourth-order valence-corrected chi connectivity index (χ4v) is 4.97. The van der Waals surface area contributed by atoms with Gasteiger partial charge in [-0.2, -0.15) is 0 Å². The first-order valence-corrected chi connectivity index (χ1v) is 11.8. The highest BCUT2D eigenvalue weighted by molar-refractivity contribution is 7.18. The van der Waals surface area contributed by atoms with Crippen molar-refractivity contribution in [3.8, 4) is 0 Å². The molecule has 0 unspecified atom stereocenters. The Kier molecular flexibility index (Phi) is 6.60. The van der Waals surface area contributed by atoms with Gasteiger partial charge in [0.05, 0.1) is 5.39 Å². The van der Waals surface area contributed by atoms with E-state index in [1.54, 1.807) is 0 Å². The van der Waals surface area contributed by atoms with Crippen LogP contribution in [-0.4, -0.2) is 15.0 Å². The fraction of sp³-hybridized carbons (Fsp3) is 0.269. The Hall–Kier alpha value is -3.45. The van der Waals surface area contributed by atoms with Gasteiger partial charge in [0.2, 0.25) is 5.91 Å². The van der Waals surface area contributed by atoms with Gasteiger partial charge in [-0.15, -0.1) is 11.3 Å². The molecule has 4 rings (SSSR count). The molecule has 33 heavy (non-hydrogen) atoms. The number of nitrogens with zero attached hydrogens (tertiary/aromatic N) is 2. The molecule has 6 nitrogen and oxygen atoms in total. The van der Waals surface area contributed by atoms with E-state index in [1.165, 1.54) is 20.5 Å². The second-order valence-corrected chi connectivity index (χ2v) is 9.49. The van der Waals surface area contributed by atoms with Gasteiger partial charge in [-0.05, 0) is 43.9 Å². The van der Waals surface area contributed by atoms with Crippen molar-refractivity contribution in [2.75, 3.05) is 0 Å². The molecule has 4 aromatic rings. The topological polar surface area (TPSA) is 73.1 Å². The van der Waals surface area contributed by atoms with Crippen LogP contribution in [0.1, 0.15) is 27.1 Å². The predicted molar refractivity (Wildman–Crippen MR) is 133 cm³/mol. The molecule has 2 aromatic heterocycles. The van der Waals surface area contributed by atoms with E-state index in [2.05, 4.69) is 5.32 Å². The number of carbonyl (C=O) groups excluding carboxylic acids is 1. The lowest BCUT2D eigenvalue weighted by molar-refractivity contribution is -0.121. The summed E-state index contributed by atoms with van der Waals surface area (Å²) in [7, 11) is 0. The van der Waals surface area contributed by atoms with Gasteiger partial charge in [0.25, 0.3) is 5.56 Å². The van der Waals surface area contributed by atoms with Crippen molar-refractivity contribution in [2.45, 2.75) is 46.8 Å². The molecular formula is C26H27N3O3S. The molecule has 7 heteroatoms. The van der Waals surface area contributed by atoms with Gasteiger partial charge in [0.1, 0.15) is 11.4 Å². The molecule has 170 valence electrons. The Balaban J connectivity index is 1.65. The molecule has 0 aliphatic rings. The van der Waals surface area contributed by atoms with Crippen molar-refractivity contribution in [1.29, 1.82) is 0 Å². The van der Waals surface area contributed by atoms with Crippen LogP contribution in [0.25, 0.3) is 10.2 Å². The number of hydrogen-bond donors (Lipinski definition) is 1. The van der Waals surface area contributed by atoms with Gasteiger partial charge in [-0.1, -0.05) is 60.2 Å². The van der Waals surface area contributed by atoms with Gasteiger partial charge in [0.15, 0.2) is 0 Å². The summed E-state index contributed by atoms with van der Waals surface area (Å²) in [6, 6.07) is 17.7. The maximum atomic E-state index is 13.3. The molecule has 0 saturated carbocycles. The van der Waals surface area contributed by atoms with E-state index in [4.69, 9.17) is 0 Å². The summed E-state index contributed by atoms with van der Waals surface area (Å²) in [4.78, 5) is 40.9. The minimum atomic E-state index is -0.449. The number of benzene rings is 2. The van der Waals surface area contributed by atoms with Crippen molar-refractivity contribution in [3.05, 3.63) is 103 Å². The first kappa shape index (κ1) is 22.7. The first-order chi connectivity index (χ1) is 15.8. The molecule has 0 aliphatic carbocycles. The lowest BCUT2D eigenvalue weighted by Gasteiger charge is -2.13. The van der Waals surface area contributed by atoms with Crippen LogP contribution in [0.5, 0.6) is 0 Å². The third kappa shape index (κ3) is 4.83. The highest BCUT2D eigenvalue weighted by Crippen LogP contribution is 2.26. The fourth-order valence-electron chi connectivity index (χ4n) is 3.83. The van der Waals surface area contributed by atoms with Gasteiger partial charge in [0, 0.05) is 18.0 Å². The Labute approximate surface area is 196 Å². The molecule has 0 saturated heterocycles. The molecular weight excluding hydrogens is 434 g/mol. The van der Waals surface area contributed by atoms with E-state index in [0.717, 1.165) is 27.1 Å². The zero-order valence-corrected chi connectivity index (χ0v) is 19.9. The second kappa shape index (κ2) is 9.58. The van der Waals surface area contributed by atoms with Crippen molar-refractivity contribution < 1.29 is 4.79 Å². The summed E-state index contributed by atoms with van der Waals surface area (Å²) in [5, 5.41) is 3.42. The lowest BCUT2D eigenvalue weighted by Crippen LogP contribution is -2.42. The van der Waals surface area contributed by atoms with Gasteiger partial charge in [-0.3, -0.25) is 18.7 Å². The number of fused-ring (bicyclic) bond motifs is 1. The van der Waals surface area contributed by atoms with Crippen molar-refractivity contribution in [1.82, 2.24) is 14.5 Å². The Morgan fingerprint density at radius 3 is 2.30 bits per heavy atom. The molecule has 0 aliphatic heterocycles. The number of aryl methyl sites for hydroxylation is 4. The van der Waals surface area contributed by atoms with E-state index >= 15 is 0 Å². The quantitative estimate of drug-likeness (QED) is 0.456. The summed E-state index contributed by atoms with van der Waals surface area (Å²) < 4.78 is 2.71. The van der Waals surface area contributed by atoms with Crippen LogP contribution < -0.4 is 16.6 Å². The number of aromatic nitrogens is 2. The molecule has 2 aromatic carbocycles. The molecule has 2 heterocycles. The van der Waals surface area contributed by atoms with Crippen LogP contribution in [0.4, 0.5) is 0 Å². The summed E-state index contributed by atoms with van der Waals surface area (Å²) in [5.41, 5.74) is 3.31. The molecule has 0 atom stereocenters. The summed E-state index contributed by atoms with van der Waals surface area (Å²) in [5.74, 6) is -0.268. The SMILES string of the molecule is Cc1ccc(CNC(=O)Cn2c(=O)n(CCc3ccccc3)c(=O)c3c(C)c(C)sc32)cc1. The zero-order chi connectivity index (χ0) is 23.5.